The number of hydrogen-bond acceptors (Lipinski definition) is 3. The van der Waals surface area contributed by atoms with Crippen LogP contribution in [0.3, 0.4) is 0 Å². The van der Waals surface area contributed by atoms with E-state index in [0.29, 0.717) is 6.42 Å². The fourth-order valence-electron chi connectivity index (χ4n) is 1.44. The summed E-state index contributed by atoms with van der Waals surface area (Å²) in [6.07, 6.45) is 7.62. The Hall–Kier alpha value is 1.11. The van der Waals surface area contributed by atoms with E-state index in [4.69, 9.17) is 11.6 Å². The Bertz CT molecular complexity index is 300. The van der Waals surface area contributed by atoms with Gasteiger partial charge in [0.2, 0.25) is 6.04 Å². The molecule has 1 aliphatic carbocycles. The number of nitro groups is 1. The first kappa shape index (κ1) is 38.6. The summed E-state index contributed by atoms with van der Waals surface area (Å²) in [5, 5.41) is 10.0. The van der Waals surface area contributed by atoms with Crippen molar-refractivity contribution in [3.63, 3.8) is 0 Å². The molecule has 128 valence electrons. The molecule has 1 aromatic rings. The third-order valence-corrected chi connectivity index (χ3v) is 2.82. The predicted molar refractivity (Wildman–Crippen MR) is 68.6 cm³/mol. The Kier molecular flexibility index (Phi) is 42.7. The topological polar surface area (TPSA) is 56.0 Å². The summed E-state index contributed by atoms with van der Waals surface area (Å²) in [4.78, 5) is 13.8. The molecule has 1 fully saturated rings. The molecule has 2 atom stereocenters. The van der Waals surface area contributed by atoms with Gasteiger partial charge in [0.1, 0.15) is 0 Å². The van der Waals surface area contributed by atoms with Crippen molar-refractivity contribution in [2.24, 2.45) is 0 Å². The zero-order chi connectivity index (χ0) is 11.8. The van der Waals surface area contributed by atoms with Crippen LogP contribution in [0.2, 0.25) is 0 Å². The minimum Gasteiger partial charge on any atom is -1.00 e. The van der Waals surface area contributed by atoms with Crippen LogP contribution in [-0.4, -0.2) is 45.8 Å². The summed E-state index contributed by atoms with van der Waals surface area (Å²) in [5.41, 5.74) is 0. The Morgan fingerprint density at radius 1 is 1.09 bits per heavy atom. The van der Waals surface area contributed by atoms with Crippen LogP contribution in [0.25, 0.3) is 0 Å². The minimum atomic E-state index is -0.546. The van der Waals surface area contributed by atoms with Crippen LogP contribution in [0.5, 0.6) is 0 Å². The van der Waals surface area contributed by atoms with Gasteiger partial charge in [0.15, 0.2) is 0 Å². The molecule has 0 aromatic carbocycles. The molecule has 0 spiro atoms. The molecule has 0 N–H and O–H groups in total. The molecule has 1 saturated carbocycles. The number of nitrogens with zero attached hydrogens (tertiary/aromatic N) is 2. The molecule has 1 aliphatic rings. The monoisotopic (exact) mass is 537 g/mol. The average Bonchev–Trinajstić information content (AvgIpc) is 2.32. The Labute approximate surface area is 184 Å². The van der Waals surface area contributed by atoms with Crippen molar-refractivity contribution in [1.29, 1.82) is 0 Å². The number of aromatic nitrogens is 1. The smallest absolute Gasteiger partial charge is 1.00 e. The number of pyridine rings is 1. The molecule has 0 amide bonds. The number of alkyl halides is 1. The molecule has 0 aliphatic heterocycles. The Morgan fingerprint density at radius 3 is 1.82 bits per heavy atom. The molecule has 4 nitrogen and oxygen atoms in total. The van der Waals surface area contributed by atoms with Crippen LogP contribution < -0.4 is 62.0 Å². The molecule has 0 saturated heterocycles. The van der Waals surface area contributed by atoms with Gasteiger partial charge in [-0.15, -0.1) is 18.0 Å². The van der Waals surface area contributed by atoms with Crippen LogP contribution in [0.1, 0.15) is 19.3 Å². The molecule has 0 radical (unpaired) electrons. The summed E-state index contributed by atoms with van der Waals surface area (Å²) < 4.78 is 0. The van der Waals surface area contributed by atoms with E-state index < -0.39 is 6.04 Å². The third kappa shape index (κ3) is 17.5. The molecule has 2 unspecified atom stereocenters. The fourth-order valence-corrected chi connectivity index (χ4v) is 1.76. The SMILES string of the molecule is O=[N+]([O-])C1C[CH-]CCC1Cl.[Cl-].[Cl-].[Cl-].[Cl-].[Cl-].[Sb+5].c1ccncc1. The molecule has 1 heterocycles. The zero-order valence-electron chi connectivity index (χ0n) is 11.2. The van der Waals surface area contributed by atoms with Gasteiger partial charge in [-0.2, -0.15) is 6.42 Å². The first-order chi connectivity index (χ1) is 7.72. The molecule has 0 bridgehead atoms. The molecule has 11 heteroatoms. The van der Waals surface area contributed by atoms with Crippen LogP contribution in [0.4, 0.5) is 0 Å². The van der Waals surface area contributed by atoms with Gasteiger partial charge in [0, 0.05) is 17.3 Å². The molecule has 1 aromatic heterocycles. The van der Waals surface area contributed by atoms with E-state index >= 15 is 0 Å². The third-order valence-electron chi connectivity index (χ3n) is 2.31. The molecular weight excluding hydrogens is 527 g/mol. The quantitative estimate of drug-likeness (QED) is 0.117. The number of halogens is 6. The second kappa shape index (κ2) is 24.4. The maximum Gasteiger partial charge on any atom is 5.00 e. The van der Waals surface area contributed by atoms with Crippen molar-refractivity contribution in [3.05, 3.63) is 47.1 Å². The summed E-state index contributed by atoms with van der Waals surface area (Å²) >= 11 is 5.72. The first-order valence-electron chi connectivity index (χ1n) is 5.16. The van der Waals surface area contributed by atoms with Crippen LogP contribution in [-0.2, 0) is 0 Å². The van der Waals surface area contributed by atoms with Crippen molar-refractivity contribution >= 4 is 36.0 Å². The van der Waals surface area contributed by atoms with E-state index in [1.54, 1.807) is 12.4 Å². The summed E-state index contributed by atoms with van der Waals surface area (Å²) in [6, 6.07) is 5.17. The maximum absolute atomic E-state index is 10.3. The van der Waals surface area contributed by atoms with Crippen molar-refractivity contribution < 1.29 is 67.0 Å². The van der Waals surface area contributed by atoms with Gasteiger partial charge in [0.25, 0.3) is 0 Å². The summed E-state index contributed by atoms with van der Waals surface area (Å²) in [6.45, 7) is 0. The second-order valence-electron chi connectivity index (χ2n) is 3.49. The standard InChI is InChI=1S/C6H9ClNO2.C5H5N.5ClH.Sb/c7-5-3-1-2-4-6(5)8(9)10;1-2-4-6-5-3-1;;;;;;/h2,5-6H,1,3-4H2;1-5H;5*1H;/q-1;;;;;;;+5/p-5. The van der Waals surface area contributed by atoms with E-state index in [9.17, 15) is 10.1 Å². The van der Waals surface area contributed by atoms with Crippen LogP contribution in [0, 0.1) is 16.5 Å². The van der Waals surface area contributed by atoms with Crippen molar-refractivity contribution in [2.75, 3.05) is 0 Å². The van der Waals surface area contributed by atoms with E-state index in [1.165, 1.54) is 0 Å². The fraction of sp³-hybridized carbons (Fsp3) is 0.455. The van der Waals surface area contributed by atoms with Crippen molar-refractivity contribution in [2.45, 2.75) is 30.7 Å². The van der Waals surface area contributed by atoms with Gasteiger partial charge in [-0.3, -0.25) is 15.1 Å². The van der Waals surface area contributed by atoms with Gasteiger partial charge in [-0.05, 0) is 12.1 Å². The van der Waals surface area contributed by atoms with Gasteiger partial charge in [-0.1, -0.05) is 12.5 Å². The maximum atomic E-state index is 10.3. The Morgan fingerprint density at radius 2 is 1.59 bits per heavy atom. The van der Waals surface area contributed by atoms with Crippen molar-refractivity contribution in [1.82, 2.24) is 4.98 Å². The van der Waals surface area contributed by atoms with Gasteiger partial charge < -0.3 is 68.5 Å². The summed E-state index contributed by atoms with van der Waals surface area (Å²) in [5.74, 6) is 0. The van der Waals surface area contributed by atoms with Crippen LogP contribution in [0.15, 0.2) is 30.6 Å². The largest absolute Gasteiger partial charge is 5.00 e. The van der Waals surface area contributed by atoms with E-state index in [0.717, 1.165) is 12.8 Å². The van der Waals surface area contributed by atoms with Gasteiger partial charge in [-0.25, -0.2) is 0 Å². The average molecular weight is 541 g/mol. The van der Waals surface area contributed by atoms with Crippen molar-refractivity contribution in [3.8, 4) is 0 Å². The van der Waals surface area contributed by atoms with E-state index in [-0.39, 0.29) is 96.8 Å². The predicted octanol–water partition coefficient (Wildman–Crippen LogP) is -12.7. The zero-order valence-corrected chi connectivity index (χ0v) is 18.3. The normalized spacial score (nSPS) is 17.5. The van der Waals surface area contributed by atoms with E-state index in [2.05, 4.69) is 4.98 Å². The molecule has 22 heavy (non-hydrogen) atoms. The minimum absolute atomic E-state index is 0. The number of hydrogen-bond donors (Lipinski definition) is 0. The van der Waals surface area contributed by atoms with Gasteiger partial charge in [0.05, 0.1) is 5.38 Å². The van der Waals surface area contributed by atoms with Gasteiger partial charge >= 0.3 is 24.4 Å². The second-order valence-corrected chi connectivity index (χ2v) is 4.06. The number of rotatable bonds is 1. The summed E-state index contributed by atoms with van der Waals surface area (Å²) in [7, 11) is 0. The Balaban J connectivity index is -0.0000000483. The van der Waals surface area contributed by atoms with E-state index in [1.807, 2.05) is 24.6 Å². The molecule has 2 rings (SSSR count). The molecular formula is C11H14Cl6N2O2Sb-. The first-order valence-corrected chi connectivity index (χ1v) is 5.59. The van der Waals surface area contributed by atoms with Crippen LogP contribution >= 0.6 is 11.6 Å².